The van der Waals surface area contributed by atoms with E-state index in [2.05, 4.69) is 16.0 Å². The molecule has 0 spiro atoms. The van der Waals surface area contributed by atoms with E-state index in [1.165, 1.54) is 0 Å². The van der Waals surface area contributed by atoms with Crippen molar-refractivity contribution in [3.63, 3.8) is 0 Å². The zero-order chi connectivity index (χ0) is 24.2. The van der Waals surface area contributed by atoms with Gasteiger partial charge in [-0.2, -0.15) is 10.4 Å². The number of rotatable bonds is 6. The molecule has 0 saturated heterocycles. The van der Waals surface area contributed by atoms with Gasteiger partial charge in [0.05, 0.1) is 34.5 Å². The highest BCUT2D eigenvalue weighted by Gasteiger charge is 2.14. The fourth-order valence-corrected chi connectivity index (χ4v) is 3.83. The van der Waals surface area contributed by atoms with Crippen LogP contribution < -0.4 is 10.3 Å². The number of allylic oxidation sites excluding steroid dienone is 1. The number of fused-ring (bicyclic) bond motifs is 1. The molecule has 5 rings (SSSR count). The van der Waals surface area contributed by atoms with Crippen molar-refractivity contribution in [3.05, 3.63) is 107 Å². The first-order chi connectivity index (χ1) is 17.2. The number of ether oxygens (including phenoxy) is 1. The Morgan fingerprint density at radius 1 is 1.06 bits per heavy atom. The van der Waals surface area contributed by atoms with Crippen molar-refractivity contribution in [2.24, 2.45) is 0 Å². The minimum atomic E-state index is -0.293. The van der Waals surface area contributed by atoms with Gasteiger partial charge in [0.1, 0.15) is 11.8 Å². The average molecular weight is 460 g/mol. The van der Waals surface area contributed by atoms with Gasteiger partial charge in [-0.25, -0.2) is 9.67 Å². The number of hydrogen-bond donors (Lipinski definition) is 1. The van der Waals surface area contributed by atoms with E-state index < -0.39 is 0 Å². The summed E-state index contributed by atoms with van der Waals surface area (Å²) in [7, 11) is 0. The summed E-state index contributed by atoms with van der Waals surface area (Å²) in [5.74, 6) is 0.979. The number of benzene rings is 3. The van der Waals surface area contributed by atoms with Crippen molar-refractivity contribution in [3.8, 4) is 28.8 Å². The quantitative estimate of drug-likeness (QED) is 0.350. The van der Waals surface area contributed by atoms with Crippen LogP contribution in [0.4, 0.5) is 0 Å². The minimum absolute atomic E-state index is 0.210. The van der Waals surface area contributed by atoms with E-state index in [9.17, 15) is 10.1 Å². The molecular weight excluding hydrogens is 438 g/mol. The van der Waals surface area contributed by atoms with Gasteiger partial charge in [0.2, 0.25) is 0 Å². The van der Waals surface area contributed by atoms with Crippen LogP contribution in [-0.4, -0.2) is 26.4 Å². The smallest absolute Gasteiger partial charge is 0.259 e. The lowest BCUT2D eigenvalue weighted by atomic mass is 10.1. The number of aromatic amines is 1. The zero-order valence-corrected chi connectivity index (χ0v) is 19.0. The van der Waals surface area contributed by atoms with Gasteiger partial charge in [-0.05, 0) is 61.5 Å². The monoisotopic (exact) mass is 459 g/mol. The highest BCUT2D eigenvalue weighted by Crippen LogP contribution is 2.28. The number of nitrogens with one attached hydrogen (secondary N) is 1. The van der Waals surface area contributed by atoms with Crippen LogP contribution in [0.3, 0.4) is 0 Å². The van der Waals surface area contributed by atoms with Gasteiger partial charge < -0.3 is 9.72 Å². The maximum absolute atomic E-state index is 12.6. The summed E-state index contributed by atoms with van der Waals surface area (Å²) in [5, 5.41) is 15.2. The molecule has 0 aliphatic rings. The van der Waals surface area contributed by atoms with Gasteiger partial charge in [0.15, 0.2) is 5.82 Å². The molecule has 0 amide bonds. The Labute approximate surface area is 201 Å². The Kier molecular flexibility index (Phi) is 5.93. The number of nitrogens with zero attached hydrogens (tertiary/aromatic N) is 4. The Bertz CT molecular complexity index is 1620. The van der Waals surface area contributed by atoms with E-state index in [1.54, 1.807) is 29.0 Å². The maximum atomic E-state index is 12.6. The first-order valence-electron chi connectivity index (χ1n) is 11.2. The molecule has 0 fully saturated rings. The van der Waals surface area contributed by atoms with Gasteiger partial charge in [0, 0.05) is 17.3 Å². The maximum Gasteiger partial charge on any atom is 0.259 e. The molecule has 0 unspecified atom stereocenters. The van der Waals surface area contributed by atoms with E-state index in [1.807, 2.05) is 73.8 Å². The molecule has 2 heterocycles. The molecule has 7 nitrogen and oxygen atoms in total. The van der Waals surface area contributed by atoms with E-state index in [0.717, 1.165) is 17.0 Å². The molecule has 0 radical (unpaired) electrons. The van der Waals surface area contributed by atoms with Crippen LogP contribution >= 0.6 is 0 Å². The molecule has 0 atom stereocenters. The Hall–Kier alpha value is -4.96. The number of hydrogen-bond acceptors (Lipinski definition) is 5. The van der Waals surface area contributed by atoms with Crippen LogP contribution in [0.1, 0.15) is 18.3 Å². The Balaban J connectivity index is 1.65. The van der Waals surface area contributed by atoms with Crippen LogP contribution in [0, 0.1) is 11.3 Å². The van der Waals surface area contributed by atoms with E-state index in [-0.39, 0.29) is 17.0 Å². The summed E-state index contributed by atoms with van der Waals surface area (Å²) in [5.41, 5.74) is 3.62. The third-order valence-electron chi connectivity index (χ3n) is 5.49. The molecule has 1 N–H and O–H groups in total. The number of H-pyrrole nitrogens is 1. The first kappa shape index (κ1) is 21.9. The summed E-state index contributed by atoms with van der Waals surface area (Å²) in [6, 6.07) is 26.6. The molecule has 0 aliphatic carbocycles. The van der Waals surface area contributed by atoms with Crippen molar-refractivity contribution in [2.45, 2.75) is 6.92 Å². The lowest BCUT2D eigenvalue weighted by molar-refractivity contribution is 0.340. The zero-order valence-electron chi connectivity index (χ0n) is 19.0. The summed E-state index contributed by atoms with van der Waals surface area (Å²) in [4.78, 5) is 19.8. The van der Waals surface area contributed by atoms with Crippen LogP contribution in [0.15, 0.2) is 89.9 Å². The fraction of sp³-hybridized carbons (Fsp3) is 0.0714. The number of nitriles is 1. The molecule has 0 aliphatic heterocycles. The fourth-order valence-electron chi connectivity index (χ4n) is 3.83. The molecule has 0 bridgehead atoms. The predicted octanol–water partition coefficient (Wildman–Crippen LogP) is 5.24. The summed E-state index contributed by atoms with van der Waals surface area (Å²) in [6.07, 6.45) is 3.56. The molecule has 2 aromatic heterocycles. The molecule has 5 aromatic rings. The van der Waals surface area contributed by atoms with Gasteiger partial charge >= 0.3 is 0 Å². The summed E-state index contributed by atoms with van der Waals surface area (Å²) in [6.45, 7) is 2.52. The van der Waals surface area contributed by atoms with Gasteiger partial charge in [0.25, 0.3) is 5.56 Å². The van der Waals surface area contributed by atoms with Crippen LogP contribution in [0.5, 0.6) is 5.75 Å². The van der Waals surface area contributed by atoms with Gasteiger partial charge in [-0.1, -0.05) is 30.3 Å². The van der Waals surface area contributed by atoms with Crippen LogP contribution in [0.2, 0.25) is 0 Å². The molecule has 170 valence electrons. The normalized spacial score (nSPS) is 11.4. The third-order valence-corrected chi connectivity index (χ3v) is 5.49. The highest BCUT2D eigenvalue weighted by molar-refractivity contribution is 5.91. The third kappa shape index (κ3) is 4.45. The summed E-state index contributed by atoms with van der Waals surface area (Å²) >= 11 is 0. The van der Waals surface area contributed by atoms with Crippen molar-refractivity contribution < 1.29 is 4.74 Å². The lowest BCUT2D eigenvalue weighted by Crippen LogP contribution is -2.11. The molecular formula is C28H21N5O2. The van der Waals surface area contributed by atoms with Gasteiger partial charge in [-0.3, -0.25) is 4.79 Å². The van der Waals surface area contributed by atoms with Crippen molar-refractivity contribution in [1.82, 2.24) is 19.7 Å². The second-order valence-corrected chi connectivity index (χ2v) is 7.77. The Morgan fingerprint density at radius 2 is 1.80 bits per heavy atom. The second kappa shape index (κ2) is 9.49. The van der Waals surface area contributed by atoms with Crippen molar-refractivity contribution >= 4 is 22.6 Å². The largest absolute Gasteiger partial charge is 0.494 e. The number of para-hydroxylation sites is 2. The van der Waals surface area contributed by atoms with Crippen LogP contribution in [-0.2, 0) is 0 Å². The second-order valence-electron chi connectivity index (χ2n) is 7.77. The Morgan fingerprint density at radius 3 is 2.54 bits per heavy atom. The van der Waals surface area contributed by atoms with E-state index >= 15 is 0 Å². The SMILES string of the molecule is CCOc1ccc(-c2nn(-c3ccccc3)cc2C=C(C#N)c2nc3ccccc3c(=O)[nH]2)cc1. The van der Waals surface area contributed by atoms with Crippen molar-refractivity contribution in [2.75, 3.05) is 6.61 Å². The average Bonchev–Trinajstić information content (AvgIpc) is 3.32. The first-order valence-corrected chi connectivity index (χ1v) is 11.2. The lowest BCUT2D eigenvalue weighted by Gasteiger charge is -2.05. The van der Waals surface area contributed by atoms with Gasteiger partial charge in [-0.15, -0.1) is 0 Å². The summed E-state index contributed by atoms with van der Waals surface area (Å²) < 4.78 is 7.33. The molecule has 7 heteroatoms. The minimum Gasteiger partial charge on any atom is -0.494 e. The topological polar surface area (TPSA) is 96.6 Å². The highest BCUT2D eigenvalue weighted by atomic mass is 16.5. The van der Waals surface area contributed by atoms with E-state index in [4.69, 9.17) is 9.84 Å². The molecule has 35 heavy (non-hydrogen) atoms. The standard InChI is InChI=1S/C28H21N5O2/c1-2-35-23-14-12-19(13-15-23)26-21(18-33(32-26)22-8-4-3-5-9-22)16-20(17-29)27-30-25-11-7-6-10-24(25)28(34)31-27/h3-16,18H,2H2,1H3,(H,30,31,34). The van der Waals surface area contributed by atoms with Crippen LogP contribution in [0.25, 0.3) is 39.5 Å². The van der Waals surface area contributed by atoms with Crippen molar-refractivity contribution in [1.29, 1.82) is 5.26 Å². The number of aromatic nitrogens is 4. The van der Waals surface area contributed by atoms with E-state index in [0.29, 0.717) is 28.8 Å². The molecule has 3 aromatic carbocycles. The molecule has 0 saturated carbocycles. The predicted molar refractivity (Wildman–Crippen MR) is 136 cm³/mol.